The van der Waals surface area contributed by atoms with Crippen LogP contribution in [0.25, 0.3) is 0 Å². The molecule has 0 radical (unpaired) electrons. The van der Waals surface area contributed by atoms with E-state index in [0.29, 0.717) is 0 Å². The number of amides is 1. The highest BCUT2D eigenvalue weighted by molar-refractivity contribution is 5.82. The zero-order valence-electron chi connectivity index (χ0n) is 12.7. The molecule has 0 unspecified atom stereocenters. The molecule has 0 bridgehead atoms. The molecule has 1 aromatic carbocycles. The van der Waals surface area contributed by atoms with Crippen molar-refractivity contribution in [1.29, 1.82) is 0 Å². The second-order valence-corrected chi connectivity index (χ2v) is 5.91. The Labute approximate surface area is 126 Å². The maximum Gasteiger partial charge on any atom is 0.240 e. The highest BCUT2D eigenvalue weighted by Crippen LogP contribution is 2.20. The van der Waals surface area contributed by atoms with Gasteiger partial charge in [0.2, 0.25) is 5.91 Å². The molecule has 0 aromatic heterocycles. The first-order valence-corrected chi connectivity index (χ1v) is 7.98. The van der Waals surface area contributed by atoms with Crippen LogP contribution in [0, 0.1) is 0 Å². The number of likely N-dealkylation sites (tertiary alicyclic amines) is 1. The van der Waals surface area contributed by atoms with Gasteiger partial charge in [0.15, 0.2) is 0 Å². The first-order chi connectivity index (χ1) is 10.3. The molecule has 0 spiro atoms. The standard InChI is InChI=1S/C17H24N2O2/c1-2-21-15-8-5-9-19(12-15)17(20)16-10-13-6-3-4-7-14(13)11-18-16/h3-4,6-7,15-16,18H,2,5,8-12H2,1H3/t15-,16+/m0/s1. The fraction of sp³-hybridized carbons (Fsp3) is 0.588. The first kappa shape index (κ1) is 14.5. The molecule has 21 heavy (non-hydrogen) atoms. The lowest BCUT2D eigenvalue weighted by Gasteiger charge is -2.36. The van der Waals surface area contributed by atoms with Gasteiger partial charge in [-0.3, -0.25) is 4.79 Å². The smallest absolute Gasteiger partial charge is 0.240 e. The van der Waals surface area contributed by atoms with Crippen LogP contribution < -0.4 is 5.32 Å². The van der Waals surface area contributed by atoms with Crippen LogP contribution in [0.15, 0.2) is 24.3 Å². The van der Waals surface area contributed by atoms with Gasteiger partial charge in [0.25, 0.3) is 0 Å². The van der Waals surface area contributed by atoms with Crippen LogP contribution in [0.5, 0.6) is 0 Å². The lowest BCUT2D eigenvalue weighted by Crippen LogP contribution is -2.53. The van der Waals surface area contributed by atoms with Crippen LogP contribution in [0.4, 0.5) is 0 Å². The molecule has 114 valence electrons. The fourth-order valence-corrected chi connectivity index (χ4v) is 3.36. The summed E-state index contributed by atoms with van der Waals surface area (Å²) in [6.07, 6.45) is 3.12. The van der Waals surface area contributed by atoms with E-state index in [4.69, 9.17) is 4.74 Å². The van der Waals surface area contributed by atoms with E-state index in [1.807, 2.05) is 11.8 Å². The van der Waals surface area contributed by atoms with Crippen molar-refractivity contribution in [3.8, 4) is 0 Å². The van der Waals surface area contributed by atoms with Crippen molar-refractivity contribution in [3.05, 3.63) is 35.4 Å². The first-order valence-electron chi connectivity index (χ1n) is 7.98. The predicted molar refractivity (Wildman–Crippen MR) is 82.0 cm³/mol. The van der Waals surface area contributed by atoms with Crippen LogP contribution in [0.2, 0.25) is 0 Å². The Hall–Kier alpha value is -1.39. The van der Waals surface area contributed by atoms with E-state index < -0.39 is 0 Å². The van der Waals surface area contributed by atoms with Crippen molar-refractivity contribution in [2.75, 3.05) is 19.7 Å². The van der Waals surface area contributed by atoms with Crippen molar-refractivity contribution in [3.63, 3.8) is 0 Å². The zero-order valence-corrected chi connectivity index (χ0v) is 12.7. The molecule has 2 aliphatic heterocycles. The molecule has 0 saturated carbocycles. The average molecular weight is 288 g/mol. The van der Waals surface area contributed by atoms with Crippen molar-refractivity contribution in [2.24, 2.45) is 0 Å². The molecule has 1 fully saturated rings. The van der Waals surface area contributed by atoms with Crippen LogP contribution in [0.3, 0.4) is 0 Å². The minimum atomic E-state index is -0.0831. The number of rotatable bonds is 3. The predicted octanol–water partition coefficient (Wildman–Crippen LogP) is 1.73. The highest BCUT2D eigenvalue weighted by atomic mass is 16.5. The Morgan fingerprint density at radius 1 is 1.38 bits per heavy atom. The van der Waals surface area contributed by atoms with E-state index in [2.05, 4.69) is 29.6 Å². The van der Waals surface area contributed by atoms with E-state index in [0.717, 1.165) is 45.5 Å². The molecule has 2 aliphatic rings. The number of fused-ring (bicyclic) bond motifs is 1. The Morgan fingerprint density at radius 3 is 3.00 bits per heavy atom. The number of hydrogen-bond donors (Lipinski definition) is 1. The van der Waals surface area contributed by atoms with E-state index in [1.165, 1.54) is 11.1 Å². The summed E-state index contributed by atoms with van der Waals surface area (Å²) in [7, 11) is 0. The molecule has 1 aromatic rings. The molecule has 1 amide bonds. The summed E-state index contributed by atoms with van der Waals surface area (Å²) in [5.41, 5.74) is 2.61. The minimum absolute atomic E-state index is 0.0831. The monoisotopic (exact) mass is 288 g/mol. The number of carbonyl (C=O) groups is 1. The van der Waals surface area contributed by atoms with Gasteiger partial charge in [-0.25, -0.2) is 0 Å². The van der Waals surface area contributed by atoms with E-state index in [9.17, 15) is 4.79 Å². The van der Waals surface area contributed by atoms with Gasteiger partial charge < -0.3 is 15.0 Å². The lowest BCUT2D eigenvalue weighted by atomic mass is 9.94. The molecular formula is C17H24N2O2. The maximum atomic E-state index is 12.7. The third kappa shape index (κ3) is 3.27. The van der Waals surface area contributed by atoms with Gasteiger partial charge in [-0.2, -0.15) is 0 Å². The van der Waals surface area contributed by atoms with Gasteiger partial charge in [-0.05, 0) is 37.3 Å². The van der Waals surface area contributed by atoms with Crippen molar-refractivity contribution in [2.45, 2.75) is 44.9 Å². The Bertz CT molecular complexity index is 501. The lowest BCUT2D eigenvalue weighted by molar-refractivity contribution is -0.137. The topological polar surface area (TPSA) is 41.6 Å². The summed E-state index contributed by atoms with van der Waals surface area (Å²) < 4.78 is 5.69. The fourth-order valence-electron chi connectivity index (χ4n) is 3.36. The number of benzene rings is 1. The van der Waals surface area contributed by atoms with Crippen LogP contribution in [-0.4, -0.2) is 42.6 Å². The van der Waals surface area contributed by atoms with Gasteiger partial charge >= 0.3 is 0 Å². The zero-order chi connectivity index (χ0) is 14.7. The molecule has 1 N–H and O–H groups in total. The van der Waals surface area contributed by atoms with E-state index >= 15 is 0 Å². The van der Waals surface area contributed by atoms with Crippen molar-refractivity contribution >= 4 is 5.91 Å². The number of piperidine rings is 1. The number of nitrogens with zero attached hydrogens (tertiary/aromatic N) is 1. The number of nitrogens with one attached hydrogen (secondary N) is 1. The Balaban J connectivity index is 1.63. The van der Waals surface area contributed by atoms with Gasteiger partial charge in [0, 0.05) is 26.2 Å². The van der Waals surface area contributed by atoms with Crippen LogP contribution >= 0.6 is 0 Å². The Morgan fingerprint density at radius 2 is 2.19 bits per heavy atom. The molecule has 1 saturated heterocycles. The highest BCUT2D eigenvalue weighted by Gasteiger charge is 2.31. The quantitative estimate of drug-likeness (QED) is 0.921. The molecule has 2 atom stereocenters. The number of hydrogen-bond acceptors (Lipinski definition) is 3. The molecule has 4 nitrogen and oxygen atoms in total. The summed E-state index contributed by atoms with van der Waals surface area (Å²) in [6.45, 7) is 5.13. The summed E-state index contributed by atoms with van der Waals surface area (Å²) in [5, 5.41) is 3.39. The second-order valence-electron chi connectivity index (χ2n) is 5.91. The van der Waals surface area contributed by atoms with E-state index in [1.54, 1.807) is 0 Å². The minimum Gasteiger partial charge on any atom is -0.377 e. The average Bonchev–Trinajstić information content (AvgIpc) is 2.54. The van der Waals surface area contributed by atoms with Crippen molar-refractivity contribution < 1.29 is 9.53 Å². The summed E-state index contributed by atoms with van der Waals surface area (Å²) in [5.74, 6) is 0.230. The second kappa shape index (κ2) is 6.58. The van der Waals surface area contributed by atoms with Crippen molar-refractivity contribution in [1.82, 2.24) is 10.2 Å². The largest absolute Gasteiger partial charge is 0.377 e. The SMILES string of the molecule is CCO[C@H]1CCCN(C(=O)[C@H]2Cc3ccccc3CN2)C1. The molecule has 3 rings (SSSR count). The number of carbonyl (C=O) groups excluding carboxylic acids is 1. The van der Waals surface area contributed by atoms with Crippen LogP contribution in [-0.2, 0) is 22.5 Å². The third-order valence-electron chi connectivity index (χ3n) is 4.47. The summed E-state index contributed by atoms with van der Waals surface area (Å²) in [6, 6.07) is 8.29. The maximum absolute atomic E-state index is 12.7. The van der Waals surface area contributed by atoms with Gasteiger partial charge in [-0.1, -0.05) is 24.3 Å². The Kier molecular flexibility index (Phi) is 4.56. The molecule has 0 aliphatic carbocycles. The molecule has 2 heterocycles. The van der Waals surface area contributed by atoms with Gasteiger partial charge in [0.1, 0.15) is 0 Å². The molecular weight excluding hydrogens is 264 g/mol. The van der Waals surface area contributed by atoms with Gasteiger partial charge in [0.05, 0.1) is 12.1 Å². The third-order valence-corrected chi connectivity index (χ3v) is 4.47. The summed E-state index contributed by atoms with van der Waals surface area (Å²) >= 11 is 0. The van der Waals surface area contributed by atoms with Gasteiger partial charge in [-0.15, -0.1) is 0 Å². The van der Waals surface area contributed by atoms with Crippen LogP contribution in [0.1, 0.15) is 30.9 Å². The van der Waals surface area contributed by atoms with E-state index in [-0.39, 0.29) is 18.1 Å². The number of ether oxygens (including phenoxy) is 1. The molecule has 4 heteroatoms. The summed E-state index contributed by atoms with van der Waals surface area (Å²) in [4.78, 5) is 14.7. The normalized spacial score (nSPS) is 25.5.